The molecule has 2 rings (SSSR count). The SMILES string of the molecule is CN(CCCc1ccccc1)S(=O)(=O)c1cccc(Br)c1. The molecule has 0 saturated carbocycles. The Morgan fingerprint density at radius 3 is 2.43 bits per heavy atom. The number of sulfonamides is 1. The van der Waals surface area contributed by atoms with E-state index in [1.165, 1.54) is 9.87 Å². The summed E-state index contributed by atoms with van der Waals surface area (Å²) < 4.78 is 27.0. The van der Waals surface area contributed by atoms with Crippen LogP contribution < -0.4 is 0 Å². The van der Waals surface area contributed by atoms with E-state index in [0.29, 0.717) is 11.4 Å². The normalized spacial score (nSPS) is 11.8. The van der Waals surface area contributed by atoms with Gasteiger partial charge in [-0.2, -0.15) is 0 Å². The van der Waals surface area contributed by atoms with Gasteiger partial charge in [0.05, 0.1) is 4.90 Å². The van der Waals surface area contributed by atoms with Gasteiger partial charge in [-0.3, -0.25) is 0 Å². The van der Waals surface area contributed by atoms with Crippen molar-refractivity contribution in [1.82, 2.24) is 4.31 Å². The second kappa shape index (κ2) is 7.20. The number of hydrogen-bond acceptors (Lipinski definition) is 2. The maximum absolute atomic E-state index is 12.4. The molecule has 0 unspecified atom stereocenters. The van der Waals surface area contributed by atoms with Gasteiger partial charge in [0.25, 0.3) is 0 Å². The highest BCUT2D eigenvalue weighted by Gasteiger charge is 2.20. The van der Waals surface area contributed by atoms with Crippen LogP contribution in [0.5, 0.6) is 0 Å². The number of nitrogens with zero attached hydrogens (tertiary/aromatic N) is 1. The van der Waals surface area contributed by atoms with Gasteiger partial charge in [-0.25, -0.2) is 12.7 Å². The molecule has 0 aliphatic rings. The Hall–Kier alpha value is -1.17. The summed E-state index contributed by atoms with van der Waals surface area (Å²) >= 11 is 3.30. The number of hydrogen-bond donors (Lipinski definition) is 0. The summed E-state index contributed by atoms with van der Waals surface area (Å²) in [6, 6.07) is 16.9. The summed E-state index contributed by atoms with van der Waals surface area (Å²) in [6.45, 7) is 0.504. The fourth-order valence-electron chi connectivity index (χ4n) is 2.08. The number of aryl methyl sites for hydroxylation is 1. The zero-order valence-corrected chi connectivity index (χ0v) is 14.3. The van der Waals surface area contributed by atoms with Crippen LogP contribution in [0.3, 0.4) is 0 Å². The van der Waals surface area contributed by atoms with Crippen LogP contribution in [-0.4, -0.2) is 26.3 Å². The lowest BCUT2D eigenvalue weighted by molar-refractivity contribution is 0.461. The van der Waals surface area contributed by atoms with Gasteiger partial charge in [-0.1, -0.05) is 52.3 Å². The maximum atomic E-state index is 12.4. The average molecular weight is 368 g/mol. The van der Waals surface area contributed by atoms with E-state index in [-0.39, 0.29) is 0 Å². The van der Waals surface area contributed by atoms with E-state index in [1.54, 1.807) is 25.2 Å². The van der Waals surface area contributed by atoms with E-state index in [4.69, 9.17) is 0 Å². The van der Waals surface area contributed by atoms with Crippen LogP contribution in [0.2, 0.25) is 0 Å². The summed E-state index contributed by atoms with van der Waals surface area (Å²) in [4.78, 5) is 0.319. The minimum atomic E-state index is -3.41. The van der Waals surface area contributed by atoms with Gasteiger partial charge >= 0.3 is 0 Å². The van der Waals surface area contributed by atoms with E-state index in [2.05, 4.69) is 28.1 Å². The summed E-state index contributed by atoms with van der Waals surface area (Å²) in [5, 5.41) is 0. The molecule has 0 atom stereocenters. The first-order valence-corrected chi connectivity index (χ1v) is 8.99. The molecule has 0 heterocycles. The van der Waals surface area contributed by atoms with Crippen molar-refractivity contribution in [1.29, 1.82) is 0 Å². The molecule has 0 aromatic heterocycles. The number of benzene rings is 2. The highest BCUT2D eigenvalue weighted by Crippen LogP contribution is 2.19. The van der Waals surface area contributed by atoms with Crippen LogP contribution in [0.25, 0.3) is 0 Å². The first kappa shape index (κ1) is 16.2. The third kappa shape index (κ3) is 4.40. The third-order valence-electron chi connectivity index (χ3n) is 3.29. The molecule has 0 N–H and O–H groups in total. The highest BCUT2D eigenvalue weighted by atomic mass is 79.9. The molecule has 0 aliphatic carbocycles. The lowest BCUT2D eigenvalue weighted by atomic mass is 10.1. The van der Waals surface area contributed by atoms with Crippen LogP contribution in [0, 0.1) is 0 Å². The van der Waals surface area contributed by atoms with Gasteiger partial charge in [-0.05, 0) is 36.6 Å². The quantitative estimate of drug-likeness (QED) is 0.780. The molecular weight excluding hydrogens is 350 g/mol. The Kier molecular flexibility index (Phi) is 5.56. The Bertz CT molecular complexity index is 686. The molecule has 0 bridgehead atoms. The van der Waals surface area contributed by atoms with Crippen LogP contribution in [0.4, 0.5) is 0 Å². The van der Waals surface area contributed by atoms with Gasteiger partial charge in [0.2, 0.25) is 10.0 Å². The molecule has 0 aliphatic heterocycles. The molecule has 0 fully saturated rings. The largest absolute Gasteiger partial charge is 0.242 e. The molecule has 2 aromatic carbocycles. The van der Waals surface area contributed by atoms with Crippen molar-refractivity contribution >= 4 is 26.0 Å². The molecule has 112 valence electrons. The van der Waals surface area contributed by atoms with Gasteiger partial charge in [0.1, 0.15) is 0 Å². The van der Waals surface area contributed by atoms with Crippen molar-refractivity contribution < 1.29 is 8.42 Å². The van der Waals surface area contributed by atoms with Crippen molar-refractivity contribution in [3.63, 3.8) is 0 Å². The second-order valence-corrected chi connectivity index (χ2v) is 7.83. The van der Waals surface area contributed by atoms with E-state index >= 15 is 0 Å². The number of halogens is 1. The number of rotatable bonds is 6. The van der Waals surface area contributed by atoms with Crippen molar-refractivity contribution in [3.05, 3.63) is 64.6 Å². The van der Waals surface area contributed by atoms with Crippen molar-refractivity contribution in [2.75, 3.05) is 13.6 Å². The van der Waals surface area contributed by atoms with E-state index < -0.39 is 10.0 Å². The van der Waals surface area contributed by atoms with Crippen molar-refractivity contribution in [2.24, 2.45) is 0 Å². The van der Waals surface area contributed by atoms with Crippen molar-refractivity contribution in [2.45, 2.75) is 17.7 Å². The predicted octanol–water partition coefficient (Wildman–Crippen LogP) is 3.70. The van der Waals surface area contributed by atoms with E-state index in [1.807, 2.05) is 24.3 Å². The third-order valence-corrected chi connectivity index (χ3v) is 5.63. The molecule has 5 heteroatoms. The fourth-order valence-corrected chi connectivity index (χ4v) is 3.88. The molecular formula is C16H18BrNO2S. The van der Waals surface area contributed by atoms with Crippen LogP contribution in [0.15, 0.2) is 64.0 Å². The average Bonchev–Trinajstić information content (AvgIpc) is 2.48. The lowest BCUT2D eigenvalue weighted by Gasteiger charge is -2.17. The lowest BCUT2D eigenvalue weighted by Crippen LogP contribution is -2.28. The smallest absolute Gasteiger partial charge is 0.207 e. The Morgan fingerprint density at radius 1 is 1.05 bits per heavy atom. The second-order valence-electron chi connectivity index (χ2n) is 4.87. The standard InChI is InChI=1S/C16H18BrNO2S/c1-18(12-6-9-14-7-3-2-4-8-14)21(19,20)16-11-5-10-15(17)13-16/h2-5,7-8,10-11,13H,6,9,12H2,1H3. The zero-order chi connectivity index (χ0) is 15.3. The fraction of sp³-hybridized carbons (Fsp3) is 0.250. The maximum Gasteiger partial charge on any atom is 0.242 e. The van der Waals surface area contributed by atoms with Crippen LogP contribution >= 0.6 is 15.9 Å². The monoisotopic (exact) mass is 367 g/mol. The minimum Gasteiger partial charge on any atom is -0.207 e. The van der Waals surface area contributed by atoms with Gasteiger partial charge < -0.3 is 0 Å². The summed E-state index contributed by atoms with van der Waals surface area (Å²) in [6.07, 6.45) is 1.67. The molecule has 0 amide bonds. The molecule has 21 heavy (non-hydrogen) atoms. The Balaban J connectivity index is 1.97. The highest BCUT2D eigenvalue weighted by molar-refractivity contribution is 9.10. The summed E-state index contributed by atoms with van der Waals surface area (Å²) in [5.41, 5.74) is 1.23. The first-order valence-electron chi connectivity index (χ1n) is 6.76. The van der Waals surface area contributed by atoms with Crippen LogP contribution in [-0.2, 0) is 16.4 Å². The summed E-state index contributed by atoms with van der Waals surface area (Å²) in [7, 11) is -1.79. The molecule has 2 aromatic rings. The Morgan fingerprint density at radius 2 is 1.76 bits per heavy atom. The topological polar surface area (TPSA) is 37.4 Å². The van der Waals surface area contributed by atoms with Gasteiger partial charge in [0.15, 0.2) is 0 Å². The predicted molar refractivity (Wildman–Crippen MR) is 88.7 cm³/mol. The molecule has 0 radical (unpaired) electrons. The summed E-state index contributed by atoms with van der Waals surface area (Å²) in [5.74, 6) is 0. The first-order chi connectivity index (χ1) is 10.00. The molecule has 0 saturated heterocycles. The van der Waals surface area contributed by atoms with Crippen molar-refractivity contribution in [3.8, 4) is 0 Å². The van der Waals surface area contributed by atoms with Gasteiger partial charge in [-0.15, -0.1) is 0 Å². The molecule has 3 nitrogen and oxygen atoms in total. The minimum absolute atomic E-state index is 0.319. The Labute approximate surface area is 134 Å². The van der Waals surface area contributed by atoms with Crippen LogP contribution in [0.1, 0.15) is 12.0 Å². The van der Waals surface area contributed by atoms with Gasteiger partial charge in [0, 0.05) is 18.1 Å². The van der Waals surface area contributed by atoms with E-state index in [0.717, 1.165) is 17.3 Å². The van der Waals surface area contributed by atoms with E-state index in [9.17, 15) is 8.42 Å². The molecule has 0 spiro atoms. The zero-order valence-electron chi connectivity index (χ0n) is 11.9.